The maximum absolute atomic E-state index is 12.5. The van der Waals surface area contributed by atoms with Gasteiger partial charge in [0.05, 0.1) is 29.2 Å². The van der Waals surface area contributed by atoms with Crippen LogP contribution in [0.15, 0.2) is 29.3 Å². The van der Waals surface area contributed by atoms with E-state index in [0.717, 1.165) is 11.8 Å². The minimum Gasteiger partial charge on any atom is -0.462 e. The average Bonchev–Trinajstić information content (AvgIpc) is 2.60. The molecule has 0 aliphatic rings. The molecule has 1 aromatic heterocycles. The zero-order valence-corrected chi connectivity index (χ0v) is 15.8. The van der Waals surface area contributed by atoms with Crippen LogP contribution in [0.25, 0.3) is 11.1 Å². The van der Waals surface area contributed by atoms with E-state index < -0.39 is 11.9 Å². The van der Waals surface area contributed by atoms with Gasteiger partial charge >= 0.3 is 5.97 Å². The molecule has 0 unspecified atom stereocenters. The molecule has 1 heterocycles. The minimum atomic E-state index is -0.564. The minimum absolute atomic E-state index is 0.0278. The van der Waals surface area contributed by atoms with Gasteiger partial charge in [-0.25, -0.2) is 9.78 Å². The quantitative estimate of drug-likeness (QED) is 0.599. The summed E-state index contributed by atoms with van der Waals surface area (Å²) in [4.78, 5) is 27.9. The van der Waals surface area contributed by atoms with Gasteiger partial charge in [0.1, 0.15) is 11.1 Å². The third-order valence-corrected chi connectivity index (χ3v) is 4.67. The van der Waals surface area contributed by atoms with Crippen LogP contribution in [0.2, 0.25) is 5.02 Å². The third kappa shape index (κ3) is 4.34. The first-order chi connectivity index (χ1) is 12.4. The van der Waals surface area contributed by atoms with Gasteiger partial charge in [-0.1, -0.05) is 35.5 Å². The Morgan fingerprint density at radius 2 is 2.00 bits per heavy atom. The number of amides is 1. The fourth-order valence-corrected chi connectivity index (χ4v) is 3.28. The average molecular weight is 390 g/mol. The van der Waals surface area contributed by atoms with Crippen LogP contribution in [0, 0.1) is 18.3 Å². The van der Waals surface area contributed by atoms with Crippen molar-refractivity contribution in [3.63, 3.8) is 0 Å². The summed E-state index contributed by atoms with van der Waals surface area (Å²) in [7, 11) is 0. The number of nitrogens with zero attached hydrogens (tertiary/aromatic N) is 2. The highest BCUT2D eigenvalue weighted by Crippen LogP contribution is 2.35. The molecule has 8 heteroatoms. The molecule has 0 spiro atoms. The van der Waals surface area contributed by atoms with E-state index in [-0.39, 0.29) is 23.5 Å². The smallest absolute Gasteiger partial charge is 0.340 e. The van der Waals surface area contributed by atoms with Crippen molar-refractivity contribution < 1.29 is 14.3 Å². The zero-order chi connectivity index (χ0) is 19.3. The first-order valence-electron chi connectivity index (χ1n) is 7.67. The number of pyridine rings is 1. The zero-order valence-electron chi connectivity index (χ0n) is 14.2. The molecule has 0 radical (unpaired) electrons. The van der Waals surface area contributed by atoms with Gasteiger partial charge in [0.25, 0.3) is 0 Å². The van der Waals surface area contributed by atoms with Crippen LogP contribution in [0.4, 0.5) is 0 Å². The third-order valence-electron chi connectivity index (χ3n) is 3.42. The van der Waals surface area contributed by atoms with Crippen LogP contribution in [-0.2, 0) is 9.53 Å². The lowest BCUT2D eigenvalue weighted by molar-refractivity contribution is -0.115. The van der Waals surface area contributed by atoms with E-state index >= 15 is 0 Å². The fourth-order valence-electron chi connectivity index (χ4n) is 2.38. The summed E-state index contributed by atoms with van der Waals surface area (Å²) in [6, 6.07) is 8.84. The second kappa shape index (κ2) is 8.70. The highest BCUT2D eigenvalue weighted by Gasteiger charge is 2.25. The van der Waals surface area contributed by atoms with Crippen molar-refractivity contribution >= 4 is 35.2 Å². The molecule has 0 atom stereocenters. The number of ether oxygens (including phenoxy) is 1. The van der Waals surface area contributed by atoms with Gasteiger partial charge in [0, 0.05) is 10.6 Å². The Hall–Kier alpha value is -2.56. The highest BCUT2D eigenvalue weighted by atomic mass is 35.5. The molecular weight excluding hydrogens is 374 g/mol. The monoisotopic (exact) mass is 389 g/mol. The summed E-state index contributed by atoms with van der Waals surface area (Å²) in [5.41, 5.74) is 7.03. The number of rotatable bonds is 6. The summed E-state index contributed by atoms with van der Waals surface area (Å²) in [5, 5.41) is 10.6. The van der Waals surface area contributed by atoms with E-state index in [1.165, 1.54) is 0 Å². The van der Waals surface area contributed by atoms with Crippen molar-refractivity contribution in [1.82, 2.24) is 4.98 Å². The lowest BCUT2D eigenvalue weighted by Crippen LogP contribution is -2.15. The van der Waals surface area contributed by atoms with Crippen molar-refractivity contribution in [3.05, 3.63) is 46.1 Å². The van der Waals surface area contributed by atoms with Crippen LogP contribution < -0.4 is 5.73 Å². The molecule has 1 amide bonds. The van der Waals surface area contributed by atoms with Crippen LogP contribution in [-0.4, -0.2) is 29.2 Å². The van der Waals surface area contributed by atoms with Gasteiger partial charge in [0.15, 0.2) is 0 Å². The number of thioether (sulfide) groups is 1. The highest BCUT2D eigenvalue weighted by molar-refractivity contribution is 8.00. The van der Waals surface area contributed by atoms with Gasteiger partial charge < -0.3 is 10.5 Å². The molecule has 1 aromatic carbocycles. The number of halogens is 1. The molecule has 0 bridgehead atoms. The molecule has 0 saturated carbocycles. The summed E-state index contributed by atoms with van der Waals surface area (Å²) in [5.74, 6) is -1.12. The van der Waals surface area contributed by atoms with Crippen LogP contribution in [0.1, 0.15) is 28.5 Å². The van der Waals surface area contributed by atoms with Crippen molar-refractivity contribution in [2.45, 2.75) is 18.9 Å². The standard InChI is InChI=1S/C18H16ClN3O3S/c1-3-25-18(24)15-10(2)22-17(26-9-14(21)23)13(8-20)16(15)11-4-6-12(19)7-5-11/h4-7H,3,9H2,1-2H3,(H2,21,23). The number of esters is 1. The maximum atomic E-state index is 12.5. The van der Waals surface area contributed by atoms with E-state index in [2.05, 4.69) is 11.1 Å². The number of aryl methyl sites for hydroxylation is 1. The van der Waals surface area contributed by atoms with Crippen molar-refractivity contribution in [3.8, 4) is 17.2 Å². The van der Waals surface area contributed by atoms with E-state index in [9.17, 15) is 14.9 Å². The summed E-state index contributed by atoms with van der Waals surface area (Å²) < 4.78 is 5.14. The SMILES string of the molecule is CCOC(=O)c1c(C)nc(SCC(N)=O)c(C#N)c1-c1ccc(Cl)cc1. The lowest BCUT2D eigenvalue weighted by atomic mass is 9.95. The van der Waals surface area contributed by atoms with Crippen LogP contribution >= 0.6 is 23.4 Å². The fraction of sp³-hybridized carbons (Fsp3) is 0.222. The van der Waals surface area contributed by atoms with Gasteiger partial charge in [-0.15, -0.1) is 0 Å². The van der Waals surface area contributed by atoms with E-state index in [0.29, 0.717) is 26.9 Å². The van der Waals surface area contributed by atoms with E-state index in [4.69, 9.17) is 22.1 Å². The van der Waals surface area contributed by atoms with Crippen LogP contribution in [0.5, 0.6) is 0 Å². The summed E-state index contributed by atoms with van der Waals surface area (Å²) >= 11 is 7.00. The number of primary amides is 1. The number of aromatic nitrogens is 1. The van der Waals surface area contributed by atoms with Gasteiger partial charge in [-0.3, -0.25) is 4.79 Å². The number of nitriles is 1. The molecule has 0 saturated heterocycles. The largest absolute Gasteiger partial charge is 0.462 e. The van der Waals surface area contributed by atoms with Gasteiger partial charge in [-0.05, 0) is 31.5 Å². The van der Waals surface area contributed by atoms with Crippen molar-refractivity contribution in [2.24, 2.45) is 5.73 Å². The molecular formula is C18H16ClN3O3S. The Morgan fingerprint density at radius 3 is 2.54 bits per heavy atom. The summed E-state index contributed by atoms with van der Waals surface area (Å²) in [6.45, 7) is 3.55. The van der Waals surface area contributed by atoms with E-state index in [1.807, 2.05) is 0 Å². The Kier molecular flexibility index (Phi) is 6.61. The molecule has 2 N–H and O–H groups in total. The van der Waals surface area contributed by atoms with Gasteiger partial charge in [-0.2, -0.15) is 5.26 Å². The van der Waals surface area contributed by atoms with Crippen molar-refractivity contribution in [2.75, 3.05) is 12.4 Å². The topological polar surface area (TPSA) is 106 Å². The number of carbonyl (C=O) groups is 2. The summed E-state index contributed by atoms with van der Waals surface area (Å²) in [6.07, 6.45) is 0. The molecule has 2 aromatic rings. The first kappa shape index (κ1) is 19.8. The second-order valence-corrected chi connectivity index (χ2v) is 6.62. The Bertz CT molecular complexity index is 892. The predicted molar refractivity (Wildman–Crippen MR) is 100 cm³/mol. The maximum Gasteiger partial charge on any atom is 0.340 e. The molecule has 2 rings (SSSR count). The van der Waals surface area contributed by atoms with Crippen LogP contribution in [0.3, 0.4) is 0 Å². The normalized spacial score (nSPS) is 10.2. The molecule has 0 aliphatic heterocycles. The number of benzene rings is 1. The molecule has 26 heavy (non-hydrogen) atoms. The second-order valence-electron chi connectivity index (χ2n) is 5.22. The number of hydrogen-bond acceptors (Lipinski definition) is 6. The Labute approximate surface area is 160 Å². The lowest BCUT2D eigenvalue weighted by Gasteiger charge is -2.16. The Morgan fingerprint density at radius 1 is 1.35 bits per heavy atom. The first-order valence-corrected chi connectivity index (χ1v) is 9.04. The number of carbonyl (C=O) groups excluding carboxylic acids is 2. The number of hydrogen-bond donors (Lipinski definition) is 1. The van der Waals surface area contributed by atoms with Gasteiger partial charge in [0.2, 0.25) is 5.91 Å². The Balaban J connectivity index is 2.76. The van der Waals surface area contributed by atoms with E-state index in [1.54, 1.807) is 38.1 Å². The molecule has 0 fully saturated rings. The molecule has 0 aliphatic carbocycles. The molecule has 134 valence electrons. The number of nitrogens with two attached hydrogens (primary N) is 1. The van der Waals surface area contributed by atoms with Crippen molar-refractivity contribution in [1.29, 1.82) is 5.26 Å². The predicted octanol–water partition coefficient (Wildman–Crippen LogP) is 3.34. The molecule has 6 nitrogen and oxygen atoms in total.